The zero-order valence-corrected chi connectivity index (χ0v) is 13.1. The Kier molecular flexibility index (Phi) is 6.73. The van der Waals surface area contributed by atoms with Crippen LogP contribution in [0.1, 0.15) is 39.7 Å². The highest BCUT2D eigenvalue weighted by Gasteiger charge is 2.18. The molecule has 0 fully saturated rings. The molecule has 0 saturated heterocycles. The van der Waals surface area contributed by atoms with Gasteiger partial charge in [0.2, 0.25) is 0 Å². The summed E-state index contributed by atoms with van der Waals surface area (Å²) >= 11 is 0. The average Bonchev–Trinajstić information content (AvgIpc) is 2.45. The highest BCUT2D eigenvalue weighted by molar-refractivity contribution is 5.72. The van der Waals surface area contributed by atoms with E-state index in [9.17, 15) is 4.79 Å². The smallest absolute Gasteiger partial charge is 0.310 e. The predicted molar refractivity (Wildman–Crippen MR) is 82.3 cm³/mol. The summed E-state index contributed by atoms with van der Waals surface area (Å²) in [4.78, 5) is 11.9. The third-order valence-corrected chi connectivity index (χ3v) is 3.64. The monoisotopic (exact) mass is 277 g/mol. The molecule has 1 aromatic carbocycles. The number of rotatable bonds is 8. The molecule has 0 aliphatic carbocycles. The fourth-order valence-corrected chi connectivity index (χ4v) is 1.71. The molecule has 0 amide bonds. The zero-order chi connectivity index (χ0) is 15.0. The van der Waals surface area contributed by atoms with E-state index >= 15 is 0 Å². The van der Waals surface area contributed by atoms with E-state index in [0.717, 1.165) is 18.5 Å². The minimum absolute atomic E-state index is 0.119. The van der Waals surface area contributed by atoms with Crippen LogP contribution in [0.4, 0.5) is 0 Å². The Labute approximate surface area is 122 Å². The predicted octanol–water partition coefficient (Wildman–Crippen LogP) is 3.39. The molecule has 0 heterocycles. The van der Waals surface area contributed by atoms with E-state index in [1.54, 1.807) is 0 Å². The molecule has 1 unspecified atom stereocenters. The van der Waals surface area contributed by atoms with Crippen LogP contribution < -0.4 is 5.32 Å². The van der Waals surface area contributed by atoms with Crippen LogP contribution in [0.5, 0.6) is 0 Å². The largest absolute Gasteiger partial charge is 0.461 e. The van der Waals surface area contributed by atoms with E-state index in [0.29, 0.717) is 13.2 Å². The number of carbonyl (C=O) groups excluding carboxylic acids is 1. The fraction of sp³-hybridized carbons (Fsp3) is 0.588. The molecule has 3 nitrogen and oxygen atoms in total. The number of hydrogen-bond donors (Lipinski definition) is 1. The van der Waals surface area contributed by atoms with E-state index in [1.165, 1.54) is 0 Å². The molecule has 1 aromatic rings. The molecule has 0 radical (unpaired) electrons. The fourth-order valence-electron chi connectivity index (χ4n) is 1.71. The Morgan fingerprint density at radius 3 is 2.55 bits per heavy atom. The first-order valence-electron chi connectivity index (χ1n) is 7.36. The second-order valence-corrected chi connectivity index (χ2v) is 6.14. The highest BCUT2D eigenvalue weighted by Crippen LogP contribution is 2.17. The van der Waals surface area contributed by atoms with Crippen molar-refractivity contribution in [2.24, 2.45) is 11.3 Å². The van der Waals surface area contributed by atoms with Crippen molar-refractivity contribution >= 4 is 5.97 Å². The second-order valence-electron chi connectivity index (χ2n) is 6.14. The van der Waals surface area contributed by atoms with Gasteiger partial charge in [0, 0.05) is 13.1 Å². The van der Waals surface area contributed by atoms with Crippen molar-refractivity contribution in [2.45, 2.75) is 40.7 Å². The Bertz CT molecular complexity index is 401. The summed E-state index contributed by atoms with van der Waals surface area (Å²) in [7, 11) is 0. The summed E-state index contributed by atoms with van der Waals surface area (Å²) in [5.74, 6) is -0.262. The number of esters is 1. The lowest BCUT2D eigenvalue weighted by Gasteiger charge is -2.23. The maximum atomic E-state index is 11.9. The van der Waals surface area contributed by atoms with Gasteiger partial charge in [0.1, 0.15) is 6.61 Å². The summed E-state index contributed by atoms with van der Waals surface area (Å²) in [5.41, 5.74) is 1.29. The SMILES string of the molecule is CCC(C)(C)CNCC(C)C(=O)OCc1ccccc1. The number of carbonyl (C=O) groups is 1. The first-order valence-corrected chi connectivity index (χ1v) is 7.36. The summed E-state index contributed by atoms with van der Waals surface area (Å²) in [5, 5.41) is 3.35. The van der Waals surface area contributed by atoms with Crippen molar-refractivity contribution in [3.63, 3.8) is 0 Å². The van der Waals surface area contributed by atoms with E-state index in [2.05, 4.69) is 26.1 Å². The molecular weight excluding hydrogens is 250 g/mol. The lowest BCUT2D eigenvalue weighted by molar-refractivity contribution is -0.149. The lowest BCUT2D eigenvalue weighted by Crippen LogP contribution is -2.34. The normalized spacial score (nSPS) is 13.0. The first kappa shape index (κ1) is 16.7. The van der Waals surface area contributed by atoms with Gasteiger partial charge in [-0.15, -0.1) is 0 Å². The van der Waals surface area contributed by atoms with E-state index < -0.39 is 0 Å². The van der Waals surface area contributed by atoms with Crippen LogP contribution in [0.25, 0.3) is 0 Å². The molecule has 20 heavy (non-hydrogen) atoms. The summed E-state index contributed by atoms with van der Waals surface area (Å²) in [6.07, 6.45) is 1.12. The van der Waals surface area contributed by atoms with Crippen molar-refractivity contribution in [1.29, 1.82) is 0 Å². The Balaban J connectivity index is 2.26. The number of nitrogens with one attached hydrogen (secondary N) is 1. The molecule has 1 rings (SSSR count). The molecular formula is C17H27NO2. The van der Waals surface area contributed by atoms with E-state index in [4.69, 9.17) is 4.74 Å². The molecule has 3 heteroatoms. The van der Waals surface area contributed by atoms with Crippen molar-refractivity contribution in [1.82, 2.24) is 5.32 Å². The standard InChI is InChI=1S/C17H27NO2/c1-5-17(3,4)13-18-11-14(2)16(19)20-12-15-9-7-6-8-10-15/h6-10,14,18H,5,11-13H2,1-4H3. The molecule has 0 saturated carbocycles. The molecule has 1 atom stereocenters. The van der Waals surface area contributed by atoms with Gasteiger partial charge in [-0.25, -0.2) is 0 Å². The van der Waals surface area contributed by atoms with Crippen molar-refractivity contribution in [3.05, 3.63) is 35.9 Å². The Morgan fingerprint density at radius 2 is 1.95 bits per heavy atom. The zero-order valence-electron chi connectivity index (χ0n) is 13.1. The number of ether oxygens (including phenoxy) is 1. The van der Waals surface area contributed by atoms with Gasteiger partial charge >= 0.3 is 5.97 Å². The van der Waals surface area contributed by atoms with Crippen LogP contribution in [-0.4, -0.2) is 19.1 Å². The maximum Gasteiger partial charge on any atom is 0.310 e. The van der Waals surface area contributed by atoms with Gasteiger partial charge in [0.05, 0.1) is 5.92 Å². The lowest BCUT2D eigenvalue weighted by atomic mass is 9.90. The minimum Gasteiger partial charge on any atom is -0.461 e. The van der Waals surface area contributed by atoms with Crippen LogP contribution in [0, 0.1) is 11.3 Å². The van der Waals surface area contributed by atoms with Gasteiger partial charge in [-0.1, -0.05) is 58.0 Å². The molecule has 0 spiro atoms. The van der Waals surface area contributed by atoms with Crippen molar-refractivity contribution in [2.75, 3.05) is 13.1 Å². The van der Waals surface area contributed by atoms with Gasteiger partial charge in [-0.2, -0.15) is 0 Å². The van der Waals surface area contributed by atoms with E-state index in [-0.39, 0.29) is 17.3 Å². The summed E-state index contributed by atoms with van der Waals surface area (Å²) < 4.78 is 5.32. The van der Waals surface area contributed by atoms with Crippen LogP contribution >= 0.6 is 0 Å². The van der Waals surface area contributed by atoms with Crippen LogP contribution in [0.2, 0.25) is 0 Å². The van der Waals surface area contributed by atoms with Crippen molar-refractivity contribution < 1.29 is 9.53 Å². The number of benzene rings is 1. The quantitative estimate of drug-likeness (QED) is 0.740. The van der Waals surface area contributed by atoms with Gasteiger partial charge in [-0.05, 0) is 17.4 Å². The molecule has 0 aliphatic rings. The third kappa shape index (κ3) is 6.20. The molecule has 0 bridgehead atoms. The highest BCUT2D eigenvalue weighted by atomic mass is 16.5. The van der Waals surface area contributed by atoms with Crippen LogP contribution in [0.3, 0.4) is 0 Å². The number of hydrogen-bond acceptors (Lipinski definition) is 3. The Hall–Kier alpha value is -1.35. The van der Waals surface area contributed by atoms with Crippen LogP contribution in [-0.2, 0) is 16.1 Å². The van der Waals surface area contributed by atoms with Crippen molar-refractivity contribution in [3.8, 4) is 0 Å². The molecule has 1 N–H and O–H groups in total. The van der Waals surface area contributed by atoms with Gasteiger partial charge < -0.3 is 10.1 Å². The summed E-state index contributed by atoms with van der Waals surface area (Å²) in [6.45, 7) is 10.5. The molecule has 0 aromatic heterocycles. The Morgan fingerprint density at radius 1 is 1.30 bits per heavy atom. The van der Waals surface area contributed by atoms with E-state index in [1.807, 2.05) is 37.3 Å². The van der Waals surface area contributed by atoms with Gasteiger partial charge in [0.15, 0.2) is 0 Å². The summed E-state index contributed by atoms with van der Waals surface area (Å²) in [6, 6.07) is 9.76. The second kappa shape index (κ2) is 8.05. The van der Waals surface area contributed by atoms with Gasteiger partial charge in [0.25, 0.3) is 0 Å². The average molecular weight is 277 g/mol. The maximum absolute atomic E-state index is 11.9. The van der Waals surface area contributed by atoms with Gasteiger partial charge in [-0.3, -0.25) is 4.79 Å². The third-order valence-electron chi connectivity index (χ3n) is 3.64. The molecule has 0 aliphatic heterocycles. The van der Waals surface area contributed by atoms with Crippen LogP contribution in [0.15, 0.2) is 30.3 Å². The minimum atomic E-state index is -0.143. The topological polar surface area (TPSA) is 38.3 Å². The molecule has 112 valence electrons. The first-order chi connectivity index (χ1) is 9.44.